The molecule has 1 amide bonds. The van der Waals surface area contributed by atoms with Crippen LogP contribution in [0.2, 0.25) is 0 Å². The predicted molar refractivity (Wildman–Crippen MR) is 193 cm³/mol. The summed E-state index contributed by atoms with van der Waals surface area (Å²) < 4.78 is 17.9. The first-order chi connectivity index (χ1) is 23.1. The maximum absolute atomic E-state index is 13.3. The van der Waals surface area contributed by atoms with E-state index in [4.69, 9.17) is 4.74 Å². The van der Waals surface area contributed by atoms with Crippen LogP contribution in [0.25, 0.3) is 0 Å². The molecule has 4 rings (SSSR count). The summed E-state index contributed by atoms with van der Waals surface area (Å²) in [7, 11) is -9.91. The fraction of sp³-hybridized carbons (Fsp3) is 0.917. The van der Waals surface area contributed by atoms with Crippen molar-refractivity contribution in [3.63, 3.8) is 0 Å². The first kappa shape index (κ1) is 41.9. The molecule has 4 saturated carbocycles. The highest BCUT2D eigenvalue weighted by Crippen LogP contribution is 2.70. The molecule has 0 radical (unpaired) electrons. The van der Waals surface area contributed by atoms with E-state index in [0.29, 0.717) is 24.2 Å². The molecule has 11 atom stereocenters. The zero-order chi connectivity index (χ0) is 37.3. The summed E-state index contributed by atoms with van der Waals surface area (Å²) in [6, 6.07) is 0. The van der Waals surface area contributed by atoms with Gasteiger partial charge in [-0.05, 0) is 118 Å². The summed E-state index contributed by atoms with van der Waals surface area (Å²) in [4.78, 5) is 64.1. The van der Waals surface area contributed by atoms with Gasteiger partial charge in [0, 0.05) is 18.9 Å². The molecule has 1 unspecified atom stereocenters. The third kappa shape index (κ3) is 8.60. The fourth-order valence-corrected chi connectivity index (χ4v) is 13.7. The molecule has 4 fully saturated rings. The number of amides is 1. The van der Waals surface area contributed by atoms with Gasteiger partial charge in [-0.2, -0.15) is 0 Å². The lowest BCUT2D eigenvalue weighted by Gasteiger charge is -2.63. The maximum Gasteiger partial charge on any atom is 0.365 e. The molecule has 290 valence electrons. The quantitative estimate of drug-likeness (QED) is 0.0596. The lowest BCUT2D eigenvalue weighted by atomic mass is 9.43. The number of aliphatic hydroxyl groups excluding tert-OH is 1. The average Bonchev–Trinajstić information content (AvgIpc) is 3.38. The molecule has 0 aromatic carbocycles. The Labute approximate surface area is 298 Å². The Kier molecular flexibility index (Phi) is 13.3. The van der Waals surface area contributed by atoms with Gasteiger partial charge < -0.3 is 44.9 Å². The summed E-state index contributed by atoms with van der Waals surface area (Å²) in [5.74, 6) is 0.476. The Hall–Kier alpha value is -0.810. The molecule has 12 nitrogen and oxygen atoms in total. The average molecular weight is 750 g/mol. The number of hydrogen-bond donors (Lipinski definition) is 8. The Morgan fingerprint density at radius 2 is 1.54 bits per heavy atom. The van der Waals surface area contributed by atoms with Crippen molar-refractivity contribution < 1.29 is 53.8 Å². The summed E-state index contributed by atoms with van der Waals surface area (Å²) >= 11 is 0. The van der Waals surface area contributed by atoms with Crippen molar-refractivity contribution in [1.82, 2.24) is 5.32 Å². The van der Waals surface area contributed by atoms with Crippen LogP contribution >= 0.6 is 14.9 Å². The Bertz CT molecular complexity index is 1280. The fourth-order valence-electron chi connectivity index (χ4n) is 11.1. The summed E-state index contributed by atoms with van der Waals surface area (Å²) in [6.07, 6.45) is 13.4. The van der Waals surface area contributed by atoms with Crippen molar-refractivity contribution in [2.45, 2.75) is 160 Å². The molecule has 50 heavy (non-hydrogen) atoms. The molecule has 14 heteroatoms. The second-order valence-electron chi connectivity index (χ2n) is 17.0. The van der Waals surface area contributed by atoms with Crippen LogP contribution in [-0.2, 0) is 18.9 Å². The van der Waals surface area contributed by atoms with E-state index in [1.807, 2.05) is 6.92 Å². The molecule has 0 aromatic rings. The number of aliphatic hydroxyl groups is 3. The second kappa shape index (κ2) is 15.9. The molecular formula is C36H65NO11P2. The smallest absolute Gasteiger partial charge is 0.365 e. The van der Waals surface area contributed by atoms with Crippen molar-refractivity contribution >= 4 is 33.1 Å². The van der Waals surface area contributed by atoms with Crippen LogP contribution in [0.1, 0.15) is 137 Å². The van der Waals surface area contributed by atoms with Gasteiger partial charge >= 0.3 is 13.6 Å². The monoisotopic (exact) mass is 749 g/mol. The standard InChI is InChI=1S/C36H65NO11P2/c1-6-7-8-9-17-35(4,41)30-12-11-26-25-23-29(28-22-24(38)15-19-33(28,2)27(25)16-20-34(26,30)3)48-32(40)14-13-31(39)37-21-10-18-36(42,49(5,43)44)50(45,46)47/h24-30,38,41-44H,5-23H2,1-4H3,(H,37,39)(H2,45,46,47)/t24-,25-,26-,27-,28+,29-,30-,33+,34-,35-,36?/m0/s1. The molecule has 0 aromatic heterocycles. The SMILES string of the molecule is C=P(O)(O)C(O)(CCCNC(=O)CCC(=O)O[C@H]1C[C@@H]2[C@H](CC[C@@]3(C)[C@H]2CC[C@@H]3[C@@](C)(O)CCCCCC)[C@@]2(C)CC[C@H](O)C[C@H]12)P(=O)(O)O. The van der Waals surface area contributed by atoms with E-state index >= 15 is 0 Å². The summed E-state index contributed by atoms with van der Waals surface area (Å²) in [5.41, 5.74) is -0.797. The van der Waals surface area contributed by atoms with E-state index in [2.05, 4.69) is 32.4 Å². The Morgan fingerprint density at radius 3 is 2.18 bits per heavy atom. The number of ether oxygens (including phenoxy) is 1. The third-order valence-corrected chi connectivity index (χ3v) is 18.1. The lowest BCUT2D eigenvalue weighted by molar-refractivity contribution is -0.197. The van der Waals surface area contributed by atoms with Gasteiger partial charge in [-0.1, -0.05) is 46.5 Å². The minimum atomic E-state index is -5.33. The number of carbonyl (C=O) groups excluding carboxylic acids is 2. The number of hydrogen-bond acceptors (Lipinski definition) is 9. The normalized spacial score (nSPS) is 36.7. The van der Waals surface area contributed by atoms with Crippen LogP contribution in [0, 0.1) is 40.4 Å². The first-order valence-electron chi connectivity index (χ1n) is 18.9. The van der Waals surface area contributed by atoms with Crippen molar-refractivity contribution in [1.29, 1.82) is 0 Å². The zero-order valence-electron chi connectivity index (χ0n) is 30.6. The van der Waals surface area contributed by atoms with E-state index in [0.717, 1.165) is 70.6 Å². The van der Waals surface area contributed by atoms with Gasteiger partial charge in [0.15, 0.2) is 7.34 Å². The van der Waals surface area contributed by atoms with Crippen molar-refractivity contribution in [2.24, 2.45) is 40.4 Å². The van der Waals surface area contributed by atoms with Crippen molar-refractivity contribution in [2.75, 3.05) is 6.54 Å². The van der Waals surface area contributed by atoms with Gasteiger partial charge in [-0.15, -0.1) is 0 Å². The van der Waals surface area contributed by atoms with Gasteiger partial charge in [-0.3, -0.25) is 14.2 Å². The highest BCUT2D eigenvalue weighted by atomic mass is 31.2. The largest absolute Gasteiger partial charge is 0.462 e. The molecule has 4 aliphatic rings. The van der Waals surface area contributed by atoms with E-state index in [1.54, 1.807) is 0 Å². The molecule has 0 bridgehead atoms. The van der Waals surface area contributed by atoms with Gasteiger partial charge in [0.05, 0.1) is 18.1 Å². The third-order valence-electron chi connectivity index (χ3n) is 13.8. The van der Waals surface area contributed by atoms with Crippen LogP contribution in [-0.4, -0.2) is 82.5 Å². The minimum Gasteiger partial charge on any atom is -0.462 e. The summed E-state index contributed by atoms with van der Waals surface area (Å²) in [5, 5.41) is 32.3. The Balaban J connectivity index is 1.38. The van der Waals surface area contributed by atoms with Gasteiger partial charge in [0.2, 0.25) is 11.0 Å². The van der Waals surface area contributed by atoms with E-state index in [1.165, 1.54) is 6.42 Å². The highest BCUT2D eigenvalue weighted by Gasteiger charge is 2.64. The van der Waals surface area contributed by atoms with Crippen molar-refractivity contribution in [3.8, 4) is 0 Å². The van der Waals surface area contributed by atoms with Crippen LogP contribution in [0.4, 0.5) is 0 Å². The molecule has 0 heterocycles. The van der Waals surface area contributed by atoms with E-state index < -0.39 is 50.0 Å². The molecule has 0 aliphatic heterocycles. The van der Waals surface area contributed by atoms with Gasteiger partial charge in [-0.25, -0.2) is 0 Å². The maximum atomic E-state index is 13.3. The Morgan fingerprint density at radius 1 is 0.880 bits per heavy atom. The van der Waals surface area contributed by atoms with E-state index in [9.17, 15) is 49.0 Å². The van der Waals surface area contributed by atoms with Crippen molar-refractivity contribution in [3.05, 3.63) is 0 Å². The molecule has 0 spiro atoms. The molecule has 0 saturated heterocycles. The number of rotatable bonds is 16. The van der Waals surface area contributed by atoms with Gasteiger partial charge in [0.25, 0.3) is 0 Å². The number of carbonyl (C=O) groups is 2. The number of fused-ring (bicyclic) bond motifs is 5. The summed E-state index contributed by atoms with van der Waals surface area (Å²) in [6.45, 7) is 8.85. The highest BCUT2D eigenvalue weighted by molar-refractivity contribution is 7.77. The number of esters is 1. The van der Waals surface area contributed by atoms with Crippen LogP contribution in [0.5, 0.6) is 0 Å². The topological polar surface area (TPSA) is 214 Å². The number of unbranched alkanes of at least 4 members (excludes halogenated alkanes) is 3. The number of nitrogens with one attached hydrogen (secondary N) is 1. The zero-order valence-corrected chi connectivity index (χ0v) is 32.4. The molecule has 8 N–H and O–H groups in total. The van der Waals surface area contributed by atoms with Crippen LogP contribution in [0.3, 0.4) is 0 Å². The predicted octanol–water partition coefficient (Wildman–Crippen LogP) is 5.01. The van der Waals surface area contributed by atoms with Crippen LogP contribution in [0.15, 0.2) is 0 Å². The molecular weight excluding hydrogens is 684 g/mol. The molecule has 4 aliphatic carbocycles. The minimum absolute atomic E-state index is 0.00562. The second-order valence-corrected chi connectivity index (χ2v) is 21.4. The van der Waals surface area contributed by atoms with E-state index in [-0.39, 0.29) is 54.6 Å². The van der Waals surface area contributed by atoms with Crippen LogP contribution < -0.4 is 5.32 Å². The lowest BCUT2D eigenvalue weighted by Crippen LogP contribution is -2.59. The van der Waals surface area contributed by atoms with Gasteiger partial charge in [0.1, 0.15) is 6.10 Å². The first-order valence-corrected chi connectivity index (χ1v) is 22.4.